The smallest absolute Gasteiger partial charge is 0.300 e. The molecule has 0 spiro atoms. The molecule has 0 bridgehead atoms. The molecule has 0 aromatic heterocycles. The Labute approximate surface area is 178 Å². The summed E-state index contributed by atoms with van der Waals surface area (Å²) >= 11 is 6.07. The van der Waals surface area contributed by atoms with Crippen molar-refractivity contribution >= 4 is 34.7 Å². The summed E-state index contributed by atoms with van der Waals surface area (Å²) in [4.78, 5) is 27.5. The van der Waals surface area contributed by atoms with Crippen LogP contribution in [0.4, 0.5) is 5.69 Å². The Bertz CT molecular complexity index is 1160. The number of anilines is 1. The molecular weight excluding hydrogens is 402 g/mol. The Kier molecular flexibility index (Phi) is 5.29. The number of benzene rings is 3. The van der Waals surface area contributed by atoms with E-state index >= 15 is 0 Å². The van der Waals surface area contributed by atoms with Gasteiger partial charge in [0.05, 0.1) is 18.7 Å². The van der Waals surface area contributed by atoms with Crippen molar-refractivity contribution in [3.63, 3.8) is 0 Å². The van der Waals surface area contributed by atoms with E-state index in [4.69, 9.17) is 16.3 Å². The standard InChI is InChI=1S/C24H18ClNO4/c1-30-19-12-6-7-15(14-19)21-20(22(27)16-8-5-9-17(25)13-16)23(28)24(29)26(21)18-10-3-2-4-11-18/h2-14,21,27H,1H3/b22-20-. The number of hydrogen-bond acceptors (Lipinski definition) is 4. The van der Waals surface area contributed by atoms with Crippen LogP contribution in [0.5, 0.6) is 5.75 Å². The van der Waals surface area contributed by atoms with Gasteiger partial charge in [0.25, 0.3) is 11.7 Å². The number of para-hydroxylation sites is 1. The predicted molar refractivity (Wildman–Crippen MR) is 116 cm³/mol. The van der Waals surface area contributed by atoms with Gasteiger partial charge in [0.15, 0.2) is 0 Å². The van der Waals surface area contributed by atoms with E-state index in [9.17, 15) is 14.7 Å². The average molecular weight is 420 g/mol. The zero-order valence-corrected chi connectivity index (χ0v) is 16.8. The lowest BCUT2D eigenvalue weighted by atomic mass is 9.95. The largest absolute Gasteiger partial charge is 0.507 e. The molecule has 1 heterocycles. The monoisotopic (exact) mass is 419 g/mol. The minimum atomic E-state index is -0.818. The fourth-order valence-electron chi connectivity index (χ4n) is 3.61. The van der Waals surface area contributed by atoms with Crippen LogP contribution < -0.4 is 9.64 Å². The first-order valence-electron chi connectivity index (χ1n) is 9.27. The van der Waals surface area contributed by atoms with E-state index in [2.05, 4.69) is 0 Å². The number of aliphatic hydroxyl groups excluding tert-OH is 1. The van der Waals surface area contributed by atoms with Gasteiger partial charge < -0.3 is 9.84 Å². The molecule has 3 aromatic carbocycles. The van der Waals surface area contributed by atoms with Crippen LogP contribution in [0.3, 0.4) is 0 Å². The molecule has 1 atom stereocenters. The summed E-state index contributed by atoms with van der Waals surface area (Å²) < 4.78 is 5.32. The van der Waals surface area contributed by atoms with Crippen molar-refractivity contribution in [1.29, 1.82) is 0 Å². The van der Waals surface area contributed by atoms with E-state index in [1.807, 2.05) is 6.07 Å². The van der Waals surface area contributed by atoms with Crippen LogP contribution in [0.2, 0.25) is 5.02 Å². The minimum Gasteiger partial charge on any atom is -0.507 e. The van der Waals surface area contributed by atoms with Crippen LogP contribution in [0.25, 0.3) is 5.76 Å². The topological polar surface area (TPSA) is 66.8 Å². The molecule has 6 heteroatoms. The van der Waals surface area contributed by atoms with Gasteiger partial charge >= 0.3 is 0 Å². The van der Waals surface area contributed by atoms with Gasteiger partial charge in [0.2, 0.25) is 0 Å². The van der Waals surface area contributed by atoms with Crippen LogP contribution in [0.1, 0.15) is 17.2 Å². The van der Waals surface area contributed by atoms with Gasteiger partial charge in [0, 0.05) is 16.3 Å². The minimum absolute atomic E-state index is 0.000581. The van der Waals surface area contributed by atoms with Gasteiger partial charge in [0.1, 0.15) is 11.5 Å². The van der Waals surface area contributed by atoms with E-state index in [0.717, 1.165) is 0 Å². The quantitative estimate of drug-likeness (QED) is 0.368. The molecule has 1 N–H and O–H groups in total. The zero-order valence-electron chi connectivity index (χ0n) is 16.1. The predicted octanol–water partition coefficient (Wildman–Crippen LogP) is 4.97. The van der Waals surface area contributed by atoms with Gasteiger partial charge in [-0.05, 0) is 42.0 Å². The Morgan fingerprint density at radius 1 is 0.967 bits per heavy atom. The average Bonchev–Trinajstić information content (AvgIpc) is 3.04. The van der Waals surface area contributed by atoms with Crippen molar-refractivity contribution < 1.29 is 19.4 Å². The zero-order chi connectivity index (χ0) is 21.3. The molecule has 1 amide bonds. The Hall–Kier alpha value is -3.57. The molecule has 1 fully saturated rings. The van der Waals surface area contributed by atoms with Crippen molar-refractivity contribution in [2.24, 2.45) is 0 Å². The van der Waals surface area contributed by atoms with Crippen LogP contribution in [0.15, 0.2) is 84.4 Å². The van der Waals surface area contributed by atoms with E-state index in [-0.39, 0.29) is 11.3 Å². The number of Topliss-reactive ketones (excluding diaryl/α,β-unsaturated/α-hetero) is 1. The van der Waals surface area contributed by atoms with E-state index in [1.54, 1.807) is 79.9 Å². The number of aliphatic hydroxyl groups is 1. The second-order valence-corrected chi connectivity index (χ2v) is 7.23. The number of carbonyl (C=O) groups is 2. The van der Waals surface area contributed by atoms with Crippen LogP contribution >= 0.6 is 11.6 Å². The maximum atomic E-state index is 13.1. The summed E-state index contributed by atoms with van der Waals surface area (Å²) in [5.41, 5.74) is 1.55. The third-order valence-corrected chi connectivity index (χ3v) is 5.22. The summed E-state index contributed by atoms with van der Waals surface area (Å²) in [5, 5.41) is 11.5. The molecule has 1 unspecified atom stereocenters. The number of hydrogen-bond donors (Lipinski definition) is 1. The first kappa shape index (κ1) is 19.7. The highest BCUT2D eigenvalue weighted by molar-refractivity contribution is 6.51. The second kappa shape index (κ2) is 8.05. The van der Waals surface area contributed by atoms with Gasteiger partial charge in [-0.15, -0.1) is 0 Å². The lowest BCUT2D eigenvalue weighted by Crippen LogP contribution is -2.29. The molecular formula is C24H18ClNO4. The van der Waals surface area contributed by atoms with Gasteiger partial charge in [-0.3, -0.25) is 14.5 Å². The lowest BCUT2D eigenvalue weighted by Gasteiger charge is -2.25. The number of carbonyl (C=O) groups excluding carboxylic acids is 2. The Morgan fingerprint density at radius 3 is 2.40 bits per heavy atom. The number of rotatable bonds is 4. The molecule has 150 valence electrons. The highest BCUT2D eigenvalue weighted by Gasteiger charge is 2.47. The van der Waals surface area contributed by atoms with Crippen molar-refractivity contribution in [2.75, 3.05) is 12.0 Å². The van der Waals surface area contributed by atoms with Crippen LogP contribution in [0, 0.1) is 0 Å². The van der Waals surface area contributed by atoms with Gasteiger partial charge in [-0.2, -0.15) is 0 Å². The fraction of sp³-hybridized carbons (Fsp3) is 0.0833. The van der Waals surface area contributed by atoms with E-state index < -0.39 is 17.7 Å². The normalized spacial score (nSPS) is 17.9. The third-order valence-electron chi connectivity index (χ3n) is 4.99. The van der Waals surface area contributed by atoms with Crippen molar-refractivity contribution in [3.8, 4) is 5.75 Å². The molecule has 30 heavy (non-hydrogen) atoms. The molecule has 5 nitrogen and oxygen atoms in total. The molecule has 1 aliphatic rings. The number of ether oxygens (including phenoxy) is 1. The van der Waals surface area contributed by atoms with E-state index in [0.29, 0.717) is 27.6 Å². The number of methoxy groups -OCH3 is 1. The molecule has 0 aliphatic carbocycles. The molecule has 1 saturated heterocycles. The van der Waals surface area contributed by atoms with Crippen LogP contribution in [-0.4, -0.2) is 23.9 Å². The van der Waals surface area contributed by atoms with Crippen molar-refractivity contribution in [1.82, 2.24) is 0 Å². The van der Waals surface area contributed by atoms with Gasteiger partial charge in [-0.25, -0.2) is 0 Å². The SMILES string of the molecule is COc1cccc(C2/C(=C(/O)c3cccc(Cl)c3)C(=O)C(=O)N2c2ccccc2)c1. The Balaban J connectivity index is 1.96. The molecule has 0 saturated carbocycles. The number of halogens is 1. The molecule has 1 aliphatic heterocycles. The first-order chi connectivity index (χ1) is 14.5. The number of amides is 1. The fourth-order valence-corrected chi connectivity index (χ4v) is 3.80. The molecule has 0 radical (unpaired) electrons. The first-order valence-corrected chi connectivity index (χ1v) is 9.65. The maximum Gasteiger partial charge on any atom is 0.300 e. The van der Waals surface area contributed by atoms with E-state index in [1.165, 1.54) is 4.90 Å². The number of nitrogens with zero attached hydrogens (tertiary/aromatic N) is 1. The Morgan fingerprint density at radius 2 is 1.70 bits per heavy atom. The summed E-state index contributed by atoms with van der Waals surface area (Å²) in [6, 6.07) is 21.7. The summed E-state index contributed by atoms with van der Waals surface area (Å²) in [5.74, 6) is -1.17. The highest BCUT2D eigenvalue weighted by Crippen LogP contribution is 2.42. The summed E-state index contributed by atoms with van der Waals surface area (Å²) in [6.07, 6.45) is 0. The molecule has 4 rings (SSSR count). The lowest BCUT2D eigenvalue weighted by molar-refractivity contribution is -0.132. The summed E-state index contributed by atoms with van der Waals surface area (Å²) in [7, 11) is 1.54. The molecule has 3 aromatic rings. The van der Waals surface area contributed by atoms with Gasteiger partial charge in [-0.1, -0.05) is 54.1 Å². The van der Waals surface area contributed by atoms with Crippen LogP contribution in [-0.2, 0) is 9.59 Å². The summed E-state index contributed by atoms with van der Waals surface area (Å²) in [6.45, 7) is 0. The van der Waals surface area contributed by atoms with Crippen molar-refractivity contribution in [2.45, 2.75) is 6.04 Å². The van der Waals surface area contributed by atoms with Crippen molar-refractivity contribution in [3.05, 3.63) is 101 Å². The second-order valence-electron chi connectivity index (χ2n) is 6.79. The third kappa shape index (κ3) is 3.44. The maximum absolute atomic E-state index is 13.1. The highest BCUT2D eigenvalue weighted by atomic mass is 35.5. The number of ketones is 1.